The van der Waals surface area contributed by atoms with Crippen molar-refractivity contribution in [3.8, 4) is 11.3 Å². The Hall–Kier alpha value is -2.99. The van der Waals surface area contributed by atoms with E-state index in [9.17, 15) is 5.11 Å². The Kier molecular flexibility index (Phi) is 6.55. The molecule has 0 fully saturated rings. The Labute approximate surface area is 166 Å². The minimum atomic E-state index is -0.114. The van der Waals surface area contributed by atoms with Crippen molar-refractivity contribution in [2.45, 2.75) is 33.4 Å². The fourth-order valence-electron chi connectivity index (χ4n) is 2.88. The molecule has 0 bridgehead atoms. The number of aryl methyl sites for hydroxylation is 1. The Morgan fingerprint density at radius 1 is 1.04 bits per heavy atom. The normalized spacial score (nSPS) is 12.0. The number of hydrogen-bond acceptors (Lipinski definition) is 6. The molecule has 3 rings (SSSR count). The molecule has 0 spiro atoms. The summed E-state index contributed by atoms with van der Waals surface area (Å²) in [6.45, 7) is 6.88. The summed E-state index contributed by atoms with van der Waals surface area (Å²) in [5.41, 5.74) is 4.18. The van der Waals surface area contributed by atoms with Gasteiger partial charge in [-0.2, -0.15) is 4.98 Å². The summed E-state index contributed by atoms with van der Waals surface area (Å²) in [5.74, 6) is 1.47. The molecule has 3 N–H and O–H groups in total. The van der Waals surface area contributed by atoms with Crippen LogP contribution in [0, 0.1) is 12.8 Å². The molecule has 3 aromatic rings. The predicted octanol–water partition coefficient (Wildman–Crippen LogP) is 3.89. The minimum Gasteiger partial charge on any atom is -0.394 e. The molecule has 0 aliphatic heterocycles. The molecule has 0 aliphatic rings. The van der Waals surface area contributed by atoms with E-state index >= 15 is 0 Å². The van der Waals surface area contributed by atoms with Crippen LogP contribution in [0.2, 0.25) is 0 Å². The Morgan fingerprint density at radius 2 is 1.82 bits per heavy atom. The van der Waals surface area contributed by atoms with Crippen molar-refractivity contribution in [3.05, 3.63) is 66.0 Å². The lowest BCUT2D eigenvalue weighted by Gasteiger charge is -2.20. The zero-order valence-electron chi connectivity index (χ0n) is 16.6. The van der Waals surface area contributed by atoms with E-state index < -0.39 is 0 Å². The summed E-state index contributed by atoms with van der Waals surface area (Å²) in [7, 11) is 0. The lowest BCUT2D eigenvalue weighted by molar-refractivity contribution is 0.248. The largest absolute Gasteiger partial charge is 0.394 e. The lowest BCUT2D eigenvalue weighted by atomic mass is 10.1. The first-order chi connectivity index (χ1) is 13.5. The number of aliphatic hydroxyl groups excluding tert-OH is 1. The van der Waals surface area contributed by atoms with Gasteiger partial charge in [0.1, 0.15) is 5.82 Å². The highest BCUT2D eigenvalue weighted by Gasteiger charge is 2.15. The van der Waals surface area contributed by atoms with Gasteiger partial charge in [0, 0.05) is 30.6 Å². The Bertz CT molecular complexity index is 898. The maximum atomic E-state index is 9.65. The van der Waals surface area contributed by atoms with E-state index in [1.807, 2.05) is 18.2 Å². The third kappa shape index (κ3) is 5.27. The number of nitrogens with one attached hydrogen (secondary N) is 2. The van der Waals surface area contributed by atoms with Gasteiger partial charge in [0.15, 0.2) is 0 Å². The highest BCUT2D eigenvalue weighted by atomic mass is 16.3. The molecule has 28 heavy (non-hydrogen) atoms. The van der Waals surface area contributed by atoms with E-state index in [-0.39, 0.29) is 18.6 Å². The summed E-state index contributed by atoms with van der Waals surface area (Å²) < 4.78 is 0. The molecule has 6 heteroatoms. The standard InChI is InChI=1S/C22H27N5O/c1-15(2)20(14-28)26-22-25-19(18-7-9-23-10-8-18)12-21(27-22)24-13-17-6-4-5-16(3)11-17/h4-12,15,20,28H,13-14H2,1-3H3,(H2,24,25,26,27)/t20-/m0/s1. The van der Waals surface area contributed by atoms with Gasteiger partial charge in [0.2, 0.25) is 5.95 Å². The highest BCUT2D eigenvalue weighted by molar-refractivity contribution is 5.64. The maximum Gasteiger partial charge on any atom is 0.225 e. The van der Waals surface area contributed by atoms with Crippen LogP contribution >= 0.6 is 0 Å². The summed E-state index contributed by atoms with van der Waals surface area (Å²) in [4.78, 5) is 13.3. The van der Waals surface area contributed by atoms with E-state index in [2.05, 4.69) is 70.6 Å². The summed E-state index contributed by atoms with van der Waals surface area (Å²) in [6.07, 6.45) is 3.49. The van der Waals surface area contributed by atoms with Crippen LogP contribution in [0.15, 0.2) is 54.9 Å². The zero-order chi connectivity index (χ0) is 19.9. The number of hydrogen-bond donors (Lipinski definition) is 3. The van der Waals surface area contributed by atoms with E-state index in [1.165, 1.54) is 11.1 Å². The third-order valence-electron chi connectivity index (χ3n) is 4.57. The molecule has 2 aromatic heterocycles. The van der Waals surface area contributed by atoms with Crippen LogP contribution in [0.1, 0.15) is 25.0 Å². The van der Waals surface area contributed by atoms with Crippen LogP contribution in [0.5, 0.6) is 0 Å². The maximum absolute atomic E-state index is 9.65. The number of aliphatic hydroxyl groups is 1. The van der Waals surface area contributed by atoms with Crippen molar-refractivity contribution in [1.82, 2.24) is 15.0 Å². The monoisotopic (exact) mass is 377 g/mol. The number of anilines is 2. The highest BCUT2D eigenvalue weighted by Crippen LogP contribution is 2.22. The van der Waals surface area contributed by atoms with Gasteiger partial charge in [-0.15, -0.1) is 0 Å². The van der Waals surface area contributed by atoms with E-state index in [0.29, 0.717) is 12.5 Å². The first-order valence-electron chi connectivity index (χ1n) is 9.51. The van der Waals surface area contributed by atoms with Gasteiger partial charge in [-0.3, -0.25) is 4.98 Å². The minimum absolute atomic E-state index is 0.0204. The molecular formula is C22H27N5O. The summed E-state index contributed by atoms with van der Waals surface area (Å²) in [6, 6.07) is 14.0. The van der Waals surface area contributed by atoms with Gasteiger partial charge in [0.05, 0.1) is 18.3 Å². The number of nitrogens with zero attached hydrogens (tertiary/aromatic N) is 3. The summed E-state index contributed by atoms with van der Waals surface area (Å²) in [5, 5.41) is 16.3. The van der Waals surface area contributed by atoms with E-state index in [4.69, 9.17) is 0 Å². The predicted molar refractivity (Wildman–Crippen MR) is 113 cm³/mol. The number of benzene rings is 1. The van der Waals surface area contributed by atoms with Crippen LogP contribution in [-0.4, -0.2) is 32.7 Å². The topological polar surface area (TPSA) is 83.0 Å². The van der Waals surface area contributed by atoms with Crippen LogP contribution in [-0.2, 0) is 6.54 Å². The van der Waals surface area contributed by atoms with Gasteiger partial charge in [-0.05, 0) is 30.5 Å². The first kappa shape index (κ1) is 19.8. The van der Waals surface area contributed by atoms with E-state index in [0.717, 1.165) is 17.1 Å². The van der Waals surface area contributed by atoms with Crippen LogP contribution in [0.3, 0.4) is 0 Å². The van der Waals surface area contributed by atoms with Crippen molar-refractivity contribution in [2.75, 3.05) is 17.2 Å². The molecule has 0 unspecified atom stereocenters. The van der Waals surface area contributed by atoms with Crippen molar-refractivity contribution < 1.29 is 5.11 Å². The quantitative estimate of drug-likeness (QED) is 0.552. The molecule has 0 saturated heterocycles. The second-order valence-corrected chi connectivity index (χ2v) is 7.22. The molecule has 2 heterocycles. The smallest absolute Gasteiger partial charge is 0.225 e. The zero-order valence-corrected chi connectivity index (χ0v) is 16.6. The van der Waals surface area contributed by atoms with Crippen molar-refractivity contribution in [1.29, 1.82) is 0 Å². The Morgan fingerprint density at radius 3 is 2.50 bits per heavy atom. The van der Waals surface area contributed by atoms with Crippen LogP contribution in [0.4, 0.5) is 11.8 Å². The second-order valence-electron chi connectivity index (χ2n) is 7.22. The average molecular weight is 377 g/mol. The Balaban J connectivity index is 1.88. The van der Waals surface area contributed by atoms with Crippen LogP contribution in [0.25, 0.3) is 11.3 Å². The molecule has 1 atom stereocenters. The average Bonchev–Trinajstić information content (AvgIpc) is 2.71. The number of aromatic nitrogens is 3. The molecule has 0 saturated carbocycles. The molecule has 0 aliphatic carbocycles. The molecular weight excluding hydrogens is 350 g/mol. The van der Waals surface area contributed by atoms with Crippen molar-refractivity contribution >= 4 is 11.8 Å². The van der Waals surface area contributed by atoms with E-state index in [1.54, 1.807) is 12.4 Å². The van der Waals surface area contributed by atoms with Crippen molar-refractivity contribution in [2.24, 2.45) is 5.92 Å². The molecule has 1 aromatic carbocycles. The molecule has 0 radical (unpaired) electrons. The fourth-order valence-corrected chi connectivity index (χ4v) is 2.88. The van der Waals surface area contributed by atoms with Gasteiger partial charge >= 0.3 is 0 Å². The first-order valence-corrected chi connectivity index (χ1v) is 9.51. The van der Waals surface area contributed by atoms with Crippen molar-refractivity contribution in [3.63, 3.8) is 0 Å². The summed E-state index contributed by atoms with van der Waals surface area (Å²) >= 11 is 0. The SMILES string of the molecule is Cc1cccc(CNc2cc(-c3ccncc3)nc(N[C@@H](CO)C(C)C)n2)c1. The third-order valence-corrected chi connectivity index (χ3v) is 4.57. The lowest BCUT2D eigenvalue weighted by Crippen LogP contribution is -2.30. The number of rotatable bonds is 8. The van der Waals surface area contributed by atoms with Gasteiger partial charge in [0.25, 0.3) is 0 Å². The fraction of sp³-hybridized carbons (Fsp3) is 0.318. The van der Waals surface area contributed by atoms with Gasteiger partial charge in [-0.25, -0.2) is 4.98 Å². The van der Waals surface area contributed by atoms with Crippen LogP contribution < -0.4 is 10.6 Å². The van der Waals surface area contributed by atoms with Gasteiger partial charge in [-0.1, -0.05) is 43.7 Å². The van der Waals surface area contributed by atoms with Gasteiger partial charge < -0.3 is 15.7 Å². The number of pyridine rings is 1. The molecule has 0 amide bonds. The molecule has 6 nitrogen and oxygen atoms in total. The molecule has 146 valence electrons. The second kappa shape index (κ2) is 9.28.